The number of carbonyl (C=O) groups is 3. The maximum Gasteiger partial charge on any atom is 0.249 e. The molecule has 42 heavy (non-hydrogen) atoms. The highest BCUT2D eigenvalue weighted by Gasteiger charge is 2.32. The Hall–Kier alpha value is -3.81. The fraction of sp³-hybridized carbons (Fsp3) is 0.400. The third-order valence-electron chi connectivity index (χ3n) is 7.86. The Balaban J connectivity index is 2.05. The fourth-order valence-corrected chi connectivity index (χ4v) is 5.71. The molecule has 7 heteroatoms. The molecule has 0 bridgehead atoms. The molecule has 0 fully saturated rings. The second kappa shape index (κ2) is 16.0. The molecule has 0 aliphatic rings. The first-order valence-corrected chi connectivity index (χ1v) is 15.0. The van der Waals surface area contributed by atoms with Crippen molar-refractivity contribution in [1.82, 2.24) is 5.32 Å². The fourth-order valence-electron chi connectivity index (χ4n) is 5.71. The minimum Gasteiger partial charge on any atom is -0.391 e. The smallest absolute Gasteiger partial charge is 0.249 e. The van der Waals surface area contributed by atoms with Crippen molar-refractivity contribution in [3.63, 3.8) is 0 Å². The van der Waals surface area contributed by atoms with Crippen LogP contribution in [-0.4, -0.2) is 35.4 Å². The summed E-state index contributed by atoms with van der Waals surface area (Å²) in [6, 6.07) is 20.7. The Kier molecular flexibility index (Phi) is 12.5. The summed E-state index contributed by atoms with van der Waals surface area (Å²) in [5, 5.41) is 14.9. The van der Waals surface area contributed by atoms with Gasteiger partial charge in [0.25, 0.3) is 0 Å². The number of nitrogens with two attached hydrogens (primary N) is 2. The molecule has 3 aromatic carbocycles. The molecule has 3 aromatic rings. The number of carbonyl (C=O) groups excluding carboxylic acids is 3. The summed E-state index contributed by atoms with van der Waals surface area (Å²) in [5.41, 5.74) is 15.6. The van der Waals surface area contributed by atoms with E-state index in [1.165, 1.54) is 17.7 Å². The van der Waals surface area contributed by atoms with Crippen molar-refractivity contribution in [1.29, 1.82) is 0 Å². The minimum atomic E-state index is -0.995. The number of primary amides is 2. The van der Waals surface area contributed by atoms with Gasteiger partial charge in [-0.25, -0.2) is 0 Å². The van der Waals surface area contributed by atoms with Crippen LogP contribution < -0.4 is 16.8 Å². The summed E-state index contributed by atoms with van der Waals surface area (Å²) in [6.07, 6.45) is 3.34. The van der Waals surface area contributed by atoms with Gasteiger partial charge in [0, 0.05) is 41.6 Å². The van der Waals surface area contributed by atoms with Gasteiger partial charge < -0.3 is 21.9 Å². The monoisotopic (exact) mass is 571 g/mol. The zero-order valence-corrected chi connectivity index (χ0v) is 25.1. The molecule has 0 unspecified atom stereocenters. The van der Waals surface area contributed by atoms with Crippen molar-refractivity contribution < 1.29 is 19.5 Å². The number of nitrogens with one attached hydrogen (secondary N) is 1. The summed E-state index contributed by atoms with van der Waals surface area (Å²) in [4.78, 5) is 39.3. The van der Waals surface area contributed by atoms with Crippen LogP contribution in [0.25, 0.3) is 0 Å². The molecule has 6 N–H and O–H groups in total. The molecule has 0 heterocycles. The van der Waals surface area contributed by atoms with Crippen LogP contribution in [0, 0.1) is 5.92 Å². The minimum absolute atomic E-state index is 0.0389. The van der Waals surface area contributed by atoms with E-state index in [0.29, 0.717) is 25.8 Å². The number of amides is 2. The van der Waals surface area contributed by atoms with Crippen LogP contribution in [0.15, 0.2) is 66.7 Å². The summed E-state index contributed by atoms with van der Waals surface area (Å²) in [6.45, 7) is 6.88. The Labute approximate surface area is 249 Å². The average Bonchev–Trinajstić information content (AvgIpc) is 2.99. The number of benzene rings is 3. The van der Waals surface area contributed by atoms with Gasteiger partial charge in [-0.2, -0.15) is 0 Å². The molecule has 2 atom stereocenters. The Bertz CT molecular complexity index is 1310. The predicted molar refractivity (Wildman–Crippen MR) is 168 cm³/mol. The number of hydrogen-bond acceptors (Lipinski definition) is 5. The van der Waals surface area contributed by atoms with Crippen molar-refractivity contribution in [2.45, 2.75) is 77.9 Å². The van der Waals surface area contributed by atoms with Gasteiger partial charge in [-0.05, 0) is 60.1 Å². The topological polar surface area (TPSA) is 136 Å². The van der Waals surface area contributed by atoms with Crippen LogP contribution in [0.5, 0.6) is 0 Å². The normalized spacial score (nSPS) is 12.7. The molecule has 0 spiro atoms. The van der Waals surface area contributed by atoms with E-state index in [0.717, 1.165) is 30.4 Å². The standard InChI is InChI=1S/C35H45N3O4/c1-4-11-26(12-5-2)33(40)27-19-29(34(36)41)32(30(20-27)35(37)42)28(18-24-13-8-7-9-14-24)31(39)22-38-21-25-16-10-15-23(6-3)17-25/h7-10,13-17,19-20,26,28,31,38-39H,4-6,11-12,18,21-22H2,1-3H3,(H2,36,41)(H2,37,42)/t28-,31+/m1/s1. The van der Waals surface area contributed by atoms with E-state index in [1.54, 1.807) is 0 Å². The summed E-state index contributed by atoms with van der Waals surface area (Å²) in [7, 11) is 0. The van der Waals surface area contributed by atoms with Gasteiger partial charge in [-0.15, -0.1) is 0 Å². The van der Waals surface area contributed by atoms with Crippen molar-refractivity contribution in [2.75, 3.05) is 6.54 Å². The molecule has 0 aliphatic carbocycles. The number of ketones is 1. The molecule has 0 radical (unpaired) electrons. The predicted octanol–water partition coefficient (Wildman–Crippen LogP) is 5.32. The molecule has 7 nitrogen and oxygen atoms in total. The molecule has 0 aliphatic heterocycles. The van der Waals surface area contributed by atoms with E-state index in [2.05, 4.69) is 24.4 Å². The van der Waals surface area contributed by atoms with E-state index in [4.69, 9.17) is 11.5 Å². The Morgan fingerprint density at radius 1 is 0.786 bits per heavy atom. The summed E-state index contributed by atoms with van der Waals surface area (Å²) >= 11 is 0. The SMILES string of the molecule is CCCC(CCC)C(=O)c1cc(C(N)=O)c([C@H](Cc2ccccc2)[C@@H](O)CNCc2cccc(CC)c2)c(C(N)=O)c1. The van der Waals surface area contributed by atoms with E-state index in [1.807, 2.05) is 56.3 Å². The average molecular weight is 572 g/mol. The number of Topliss-reactive ketones (excluding diaryl/α,β-unsaturated/α-hetero) is 1. The molecular weight excluding hydrogens is 526 g/mol. The van der Waals surface area contributed by atoms with Crippen molar-refractivity contribution in [3.8, 4) is 0 Å². The quantitative estimate of drug-likeness (QED) is 0.163. The van der Waals surface area contributed by atoms with Crippen molar-refractivity contribution in [2.24, 2.45) is 17.4 Å². The highest BCUT2D eigenvalue weighted by atomic mass is 16.3. The van der Waals surface area contributed by atoms with Gasteiger partial charge in [0.2, 0.25) is 11.8 Å². The lowest BCUT2D eigenvalue weighted by molar-refractivity contribution is 0.0905. The second-order valence-corrected chi connectivity index (χ2v) is 11.0. The zero-order valence-electron chi connectivity index (χ0n) is 25.1. The number of rotatable bonds is 17. The Morgan fingerprint density at radius 3 is 1.90 bits per heavy atom. The van der Waals surface area contributed by atoms with Gasteiger partial charge >= 0.3 is 0 Å². The molecule has 0 aromatic heterocycles. The van der Waals surface area contributed by atoms with Gasteiger partial charge in [-0.3, -0.25) is 14.4 Å². The molecule has 0 saturated carbocycles. The van der Waals surface area contributed by atoms with Gasteiger partial charge in [0.05, 0.1) is 6.10 Å². The van der Waals surface area contributed by atoms with Crippen LogP contribution in [0.3, 0.4) is 0 Å². The zero-order chi connectivity index (χ0) is 30.6. The van der Waals surface area contributed by atoms with Crippen LogP contribution >= 0.6 is 0 Å². The van der Waals surface area contributed by atoms with Crippen molar-refractivity contribution in [3.05, 3.63) is 106 Å². The number of hydrogen-bond donors (Lipinski definition) is 4. The highest BCUT2D eigenvalue weighted by molar-refractivity contribution is 6.07. The lowest BCUT2D eigenvalue weighted by Gasteiger charge is -2.28. The number of aryl methyl sites for hydroxylation is 1. The molecule has 3 rings (SSSR count). The van der Waals surface area contributed by atoms with Gasteiger partial charge in [0.1, 0.15) is 0 Å². The number of aliphatic hydroxyl groups is 1. The maximum atomic E-state index is 13.5. The molecule has 2 amide bonds. The largest absolute Gasteiger partial charge is 0.391 e. The summed E-state index contributed by atoms with van der Waals surface area (Å²) < 4.78 is 0. The molecule has 0 saturated heterocycles. The second-order valence-electron chi connectivity index (χ2n) is 11.0. The van der Waals surface area contributed by atoms with Gasteiger partial charge in [0.15, 0.2) is 5.78 Å². The third kappa shape index (κ3) is 8.60. The lowest BCUT2D eigenvalue weighted by atomic mass is 9.79. The van der Waals surface area contributed by atoms with Crippen molar-refractivity contribution >= 4 is 17.6 Å². The van der Waals surface area contributed by atoms with Crippen LogP contribution in [0.1, 0.15) is 106 Å². The maximum absolute atomic E-state index is 13.5. The van der Waals surface area contributed by atoms with E-state index in [9.17, 15) is 19.5 Å². The van der Waals surface area contributed by atoms with E-state index < -0.39 is 23.8 Å². The molecular formula is C35H45N3O4. The first-order valence-electron chi connectivity index (χ1n) is 15.0. The number of aliphatic hydroxyl groups excluding tert-OH is 1. The molecule has 224 valence electrons. The lowest BCUT2D eigenvalue weighted by Crippen LogP contribution is -2.35. The first kappa shape index (κ1) is 32.7. The Morgan fingerprint density at radius 2 is 1.36 bits per heavy atom. The highest BCUT2D eigenvalue weighted by Crippen LogP contribution is 2.33. The third-order valence-corrected chi connectivity index (χ3v) is 7.86. The van der Waals surface area contributed by atoms with Crippen LogP contribution in [-0.2, 0) is 19.4 Å². The van der Waals surface area contributed by atoms with Crippen LogP contribution in [0.4, 0.5) is 0 Å². The summed E-state index contributed by atoms with van der Waals surface area (Å²) in [5.74, 6) is -2.61. The van der Waals surface area contributed by atoms with E-state index >= 15 is 0 Å². The van der Waals surface area contributed by atoms with E-state index in [-0.39, 0.29) is 40.5 Å². The van der Waals surface area contributed by atoms with Crippen LogP contribution in [0.2, 0.25) is 0 Å². The van der Waals surface area contributed by atoms with Gasteiger partial charge in [-0.1, -0.05) is 88.2 Å². The first-order chi connectivity index (χ1) is 20.2.